The maximum absolute atomic E-state index is 13.7. The summed E-state index contributed by atoms with van der Waals surface area (Å²) in [6.45, 7) is -0.290. The Morgan fingerprint density at radius 2 is 1.70 bits per heavy atom. The smallest absolute Gasteiger partial charge is 0.339 e. The zero-order valence-corrected chi connectivity index (χ0v) is 15.2. The molecular weight excluding hydrogens is 379 g/mol. The highest BCUT2D eigenvalue weighted by Gasteiger charge is 2.17. The number of rotatable bonds is 6. The van der Waals surface area contributed by atoms with Crippen LogP contribution >= 0.6 is 11.6 Å². The van der Waals surface area contributed by atoms with Gasteiger partial charge in [-0.25, -0.2) is 14.0 Å². The monoisotopic (exact) mass is 394 g/mol. The van der Waals surface area contributed by atoms with Crippen molar-refractivity contribution in [3.8, 4) is 0 Å². The van der Waals surface area contributed by atoms with E-state index >= 15 is 0 Å². The van der Waals surface area contributed by atoms with E-state index in [0.29, 0.717) is 0 Å². The molecule has 9 heteroatoms. The predicted octanol–water partition coefficient (Wildman–Crippen LogP) is 3.10. The van der Waals surface area contributed by atoms with E-state index in [0.717, 1.165) is 6.07 Å². The van der Waals surface area contributed by atoms with Crippen molar-refractivity contribution < 1.29 is 28.2 Å². The summed E-state index contributed by atoms with van der Waals surface area (Å²) in [6, 6.07) is 7.97. The number of anilines is 2. The summed E-state index contributed by atoms with van der Waals surface area (Å²) in [6.07, 6.45) is 0. The van der Waals surface area contributed by atoms with Gasteiger partial charge in [0.05, 0.1) is 43.3 Å². The van der Waals surface area contributed by atoms with Gasteiger partial charge in [-0.3, -0.25) is 4.79 Å². The van der Waals surface area contributed by atoms with Gasteiger partial charge in [0.25, 0.3) is 0 Å². The molecule has 142 valence electrons. The lowest BCUT2D eigenvalue weighted by Gasteiger charge is -2.12. The van der Waals surface area contributed by atoms with Gasteiger partial charge in [-0.2, -0.15) is 0 Å². The average Bonchev–Trinajstić information content (AvgIpc) is 2.66. The van der Waals surface area contributed by atoms with Crippen LogP contribution in [0, 0.1) is 5.82 Å². The van der Waals surface area contributed by atoms with Crippen molar-refractivity contribution in [2.45, 2.75) is 0 Å². The van der Waals surface area contributed by atoms with Crippen molar-refractivity contribution in [3.05, 3.63) is 58.4 Å². The molecule has 0 spiro atoms. The quantitative estimate of drug-likeness (QED) is 0.731. The molecule has 2 aromatic rings. The van der Waals surface area contributed by atoms with Gasteiger partial charge in [0.1, 0.15) is 5.82 Å². The first-order valence-electron chi connectivity index (χ1n) is 7.65. The Morgan fingerprint density at radius 1 is 1.00 bits per heavy atom. The minimum absolute atomic E-state index is 0.0520. The number of nitrogens with one attached hydrogen (secondary N) is 2. The standard InChI is InChI=1S/C18H16ClFN2O5/c1-26-17(24)10-3-5-12(18(25)27-2)15(7-10)22-16(23)9-21-14-6-4-11(19)8-13(14)20/h3-8,21H,9H2,1-2H3,(H,22,23). The first kappa shape index (κ1) is 20.2. The van der Waals surface area contributed by atoms with Gasteiger partial charge in [0.15, 0.2) is 0 Å². The van der Waals surface area contributed by atoms with Crippen LogP contribution in [0.15, 0.2) is 36.4 Å². The number of amides is 1. The minimum atomic E-state index is -0.696. The summed E-state index contributed by atoms with van der Waals surface area (Å²) in [5.74, 6) is -2.52. The topological polar surface area (TPSA) is 93.7 Å². The number of hydrogen-bond acceptors (Lipinski definition) is 6. The van der Waals surface area contributed by atoms with Gasteiger partial charge in [-0.1, -0.05) is 11.6 Å². The average molecular weight is 395 g/mol. The first-order chi connectivity index (χ1) is 12.8. The second kappa shape index (κ2) is 9.00. The molecule has 0 aliphatic rings. The number of carbonyl (C=O) groups is 3. The summed E-state index contributed by atoms with van der Waals surface area (Å²) < 4.78 is 23.0. The number of hydrogen-bond donors (Lipinski definition) is 2. The molecule has 0 radical (unpaired) electrons. The minimum Gasteiger partial charge on any atom is -0.465 e. The summed E-state index contributed by atoms with van der Waals surface area (Å²) in [4.78, 5) is 35.7. The third-order valence-electron chi connectivity index (χ3n) is 3.49. The second-order valence-corrected chi connectivity index (χ2v) is 5.71. The number of halogens is 2. The van der Waals surface area contributed by atoms with E-state index in [1.807, 2.05) is 0 Å². The van der Waals surface area contributed by atoms with E-state index in [9.17, 15) is 18.8 Å². The molecule has 0 aromatic heterocycles. The Hall–Kier alpha value is -3.13. The fraction of sp³-hybridized carbons (Fsp3) is 0.167. The highest BCUT2D eigenvalue weighted by Crippen LogP contribution is 2.21. The number of benzene rings is 2. The molecule has 2 rings (SSSR count). The molecule has 27 heavy (non-hydrogen) atoms. The van der Waals surface area contributed by atoms with Crippen molar-refractivity contribution in [1.82, 2.24) is 0 Å². The molecule has 0 bridgehead atoms. The molecule has 1 amide bonds. The summed E-state index contributed by atoms with van der Waals surface area (Å²) in [5, 5.41) is 5.33. The maximum atomic E-state index is 13.7. The van der Waals surface area contributed by atoms with Crippen LogP contribution in [0.5, 0.6) is 0 Å². The van der Waals surface area contributed by atoms with Crippen molar-refractivity contribution in [3.63, 3.8) is 0 Å². The second-order valence-electron chi connectivity index (χ2n) is 5.27. The lowest BCUT2D eigenvalue weighted by molar-refractivity contribution is -0.114. The van der Waals surface area contributed by atoms with Gasteiger partial charge in [-0.05, 0) is 36.4 Å². The molecule has 0 heterocycles. The molecule has 0 atom stereocenters. The molecule has 0 unspecified atom stereocenters. The molecule has 0 fully saturated rings. The van der Waals surface area contributed by atoms with Crippen LogP contribution in [0.1, 0.15) is 20.7 Å². The van der Waals surface area contributed by atoms with Crippen LogP contribution < -0.4 is 10.6 Å². The fourth-order valence-corrected chi connectivity index (χ4v) is 2.34. The SMILES string of the molecule is COC(=O)c1ccc(C(=O)OC)c(NC(=O)CNc2ccc(Cl)cc2F)c1. The van der Waals surface area contributed by atoms with Crippen LogP contribution in [0.4, 0.5) is 15.8 Å². The highest BCUT2D eigenvalue weighted by molar-refractivity contribution is 6.30. The summed E-state index contributed by atoms with van der Waals surface area (Å²) in [7, 11) is 2.40. The number of methoxy groups -OCH3 is 2. The van der Waals surface area contributed by atoms with Crippen LogP contribution in [-0.4, -0.2) is 38.6 Å². The molecule has 2 N–H and O–H groups in total. The van der Waals surface area contributed by atoms with Crippen molar-refractivity contribution in [2.75, 3.05) is 31.4 Å². The highest BCUT2D eigenvalue weighted by atomic mass is 35.5. The van der Waals surface area contributed by atoms with Gasteiger partial charge >= 0.3 is 11.9 Å². The van der Waals surface area contributed by atoms with Crippen LogP contribution in [0.2, 0.25) is 5.02 Å². The zero-order valence-electron chi connectivity index (χ0n) is 14.5. The Balaban J connectivity index is 2.16. The van der Waals surface area contributed by atoms with E-state index in [4.69, 9.17) is 11.6 Å². The van der Waals surface area contributed by atoms with E-state index in [-0.39, 0.29) is 34.1 Å². The lowest BCUT2D eigenvalue weighted by Crippen LogP contribution is -2.23. The van der Waals surface area contributed by atoms with Gasteiger partial charge in [0.2, 0.25) is 5.91 Å². The summed E-state index contributed by atoms with van der Waals surface area (Å²) >= 11 is 5.67. The number of carbonyl (C=O) groups excluding carboxylic acids is 3. The van der Waals surface area contributed by atoms with Crippen LogP contribution in [0.3, 0.4) is 0 Å². The first-order valence-corrected chi connectivity index (χ1v) is 8.03. The van der Waals surface area contributed by atoms with Gasteiger partial charge in [0, 0.05) is 5.02 Å². The largest absolute Gasteiger partial charge is 0.465 e. The maximum Gasteiger partial charge on any atom is 0.339 e. The van der Waals surface area contributed by atoms with Crippen molar-refractivity contribution >= 4 is 40.8 Å². The Morgan fingerprint density at radius 3 is 2.33 bits per heavy atom. The van der Waals surface area contributed by atoms with Crippen LogP contribution in [-0.2, 0) is 14.3 Å². The normalized spacial score (nSPS) is 10.1. The van der Waals surface area contributed by atoms with Crippen molar-refractivity contribution in [2.24, 2.45) is 0 Å². The molecule has 7 nitrogen and oxygen atoms in total. The molecular formula is C18H16ClFN2O5. The molecule has 0 saturated heterocycles. The van der Waals surface area contributed by atoms with Crippen molar-refractivity contribution in [1.29, 1.82) is 0 Å². The van der Waals surface area contributed by atoms with E-state index in [1.54, 1.807) is 0 Å². The molecule has 2 aromatic carbocycles. The molecule has 0 aliphatic heterocycles. The number of ether oxygens (including phenoxy) is 2. The third-order valence-corrected chi connectivity index (χ3v) is 3.73. The van der Waals surface area contributed by atoms with E-state index < -0.39 is 23.7 Å². The molecule has 0 saturated carbocycles. The Bertz CT molecular complexity index is 888. The zero-order chi connectivity index (χ0) is 20.0. The number of esters is 2. The van der Waals surface area contributed by atoms with Gasteiger partial charge < -0.3 is 20.1 Å². The Kier molecular flexibility index (Phi) is 6.73. The van der Waals surface area contributed by atoms with Crippen LogP contribution in [0.25, 0.3) is 0 Å². The third kappa shape index (κ3) is 5.18. The van der Waals surface area contributed by atoms with E-state index in [2.05, 4.69) is 20.1 Å². The lowest BCUT2D eigenvalue weighted by atomic mass is 10.1. The Labute approximate surface area is 159 Å². The van der Waals surface area contributed by atoms with Gasteiger partial charge in [-0.15, -0.1) is 0 Å². The van der Waals surface area contributed by atoms with E-state index in [1.165, 1.54) is 44.6 Å². The summed E-state index contributed by atoms with van der Waals surface area (Å²) in [5.41, 5.74) is 0.340. The fourth-order valence-electron chi connectivity index (χ4n) is 2.18. The predicted molar refractivity (Wildman–Crippen MR) is 97.7 cm³/mol. The molecule has 0 aliphatic carbocycles.